The first-order chi connectivity index (χ1) is 7.90. The minimum absolute atomic E-state index is 0.0221. The van der Waals surface area contributed by atoms with Gasteiger partial charge in [0, 0.05) is 7.05 Å². The minimum atomic E-state index is -0.0221. The standard InChI is InChI=1S/C12H28N4O/c1-8-10(14(4)5)16(12(17)13-3)11(9-2)15(6)7/h10-11H,8-9H2,1-7H3,(H,13,17). The minimum Gasteiger partial charge on any atom is -0.341 e. The number of nitrogens with zero attached hydrogens (tertiary/aromatic N) is 3. The van der Waals surface area contributed by atoms with Gasteiger partial charge in [0.15, 0.2) is 0 Å². The van der Waals surface area contributed by atoms with E-state index in [1.165, 1.54) is 0 Å². The van der Waals surface area contributed by atoms with Crippen LogP contribution in [0.2, 0.25) is 0 Å². The Labute approximate surface area is 106 Å². The zero-order chi connectivity index (χ0) is 13.6. The fraction of sp³-hybridized carbons (Fsp3) is 0.917. The first-order valence-corrected chi connectivity index (χ1v) is 6.23. The first-order valence-electron chi connectivity index (χ1n) is 6.23. The summed E-state index contributed by atoms with van der Waals surface area (Å²) in [6.45, 7) is 4.20. The van der Waals surface area contributed by atoms with Gasteiger partial charge in [-0.2, -0.15) is 0 Å². The molecule has 0 aromatic rings. The van der Waals surface area contributed by atoms with Gasteiger partial charge in [-0.05, 0) is 41.0 Å². The second kappa shape index (κ2) is 7.50. The summed E-state index contributed by atoms with van der Waals surface area (Å²) in [7, 11) is 9.71. The molecule has 0 bridgehead atoms. The molecule has 0 saturated carbocycles. The third-order valence-electron chi connectivity index (χ3n) is 3.01. The van der Waals surface area contributed by atoms with Gasteiger partial charge in [0.25, 0.3) is 0 Å². The van der Waals surface area contributed by atoms with Gasteiger partial charge < -0.3 is 5.32 Å². The fourth-order valence-electron chi connectivity index (χ4n) is 2.22. The topological polar surface area (TPSA) is 38.8 Å². The van der Waals surface area contributed by atoms with Gasteiger partial charge in [0.05, 0.1) is 12.3 Å². The Kier molecular flexibility index (Phi) is 7.15. The van der Waals surface area contributed by atoms with Gasteiger partial charge in [-0.25, -0.2) is 4.79 Å². The van der Waals surface area contributed by atoms with Crippen molar-refractivity contribution in [3.05, 3.63) is 0 Å². The Bertz CT molecular complexity index is 215. The number of carbonyl (C=O) groups excluding carboxylic acids is 1. The van der Waals surface area contributed by atoms with Crippen molar-refractivity contribution < 1.29 is 4.79 Å². The highest BCUT2D eigenvalue weighted by Gasteiger charge is 2.30. The number of rotatable bonds is 6. The smallest absolute Gasteiger partial charge is 0.319 e. The third kappa shape index (κ3) is 4.16. The molecule has 102 valence electrons. The Hall–Kier alpha value is -0.810. The van der Waals surface area contributed by atoms with Crippen LogP contribution in [0.25, 0.3) is 0 Å². The Balaban J connectivity index is 5.15. The molecule has 0 spiro atoms. The van der Waals surface area contributed by atoms with Crippen molar-refractivity contribution in [3.8, 4) is 0 Å². The normalized spacial score (nSPS) is 14.9. The zero-order valence-corrected chi connectivity index (χ0v) is 12.3. The van der Waals surface area contributed by atoms with E-state index < -0.39 is 0 Å². The van der Waals surface area contributed by atoms with E-state index in [2.05, 4.69) is 29.0 Å². The third-order valence-corrected chi connectivity index (χ3v) is 3.01. The average molecular weight is 244 g/mol. The average Bonchev–Trinajstić information content (AvgIpc) is 2.27. The van der Waals surface area contributed by atoms with Gasteiger partial charge >= 0.3 is 6.03 Å². The summed E-state index contributed by atoms with van der Waals surface area (Å²) in [5.41, 5.74) is 0. The zero-order valence-electron chi connectivity index (χ0n) is 12.3. The lowest BCUT2D eigenvalue weighted by molar-refractivity contribution is 0.0135. The van der Waals surface area contributed by atoms with Crippen molar-refractivity contribution in [2.45, 2.75) is 39.0 Å². The number of urea groups is 1. The molecule has 0 aromatic heterocycles. The van der Waals surface area contributed by atoms with Crippen LogP contribution in [0.1, 0.15) is 26.7 Å². The molecule has 2 amide bonds. The Morgan fingerprint density at radius 3 is 1.53 bits per heavy atom. The molecule has 0 fully saturated rings. The molecule has 0 aliphatic heterocycles. The summed E-state index contributed by atoms with van der Waals surface area (Å²) in [4.78, 5) is 18.2. The molecular weight excluding hydrogens is 216 g/mol. The number of carbonyl (C=O) groups is 1. The molecule has 1 N–H and O–H groups in total. The monoisotopic (exact) mass is 244 g/mol. The fourth-order valence-corrected chi connectivity index (χ4v) is 2.22. The van der Waals surface area contributed by atoms with Crippen molar-refractivity contribution in [3.63, 3.8) is 0 Å². The summed E-state index contributed by atoms with van der Waals surface area (Å²) >= 11 is 0. The maximum Gasteiger partial charge on any atom is 0.319 e. The van der Waals surface area contributed by atoms with E-state index in [1.807, 2.05) is 33.1 Å². The van der Waals surface area contributed by atoms with Gasteiger partial charge in [-0.15, -0.1) is 0 Å². The summed E-state index contributed by atoms with van der Waals surface area (Å²) in [6.07, 6.45) is 2.04. The lowest BCUT2D eigenvalue weighted by Gasteiger charge is -2.42. The van der Waals surface area contributed by atoms with Gasteiger partial charge in [0.1, 0.15) is 0 Å². The van der Waals surface area contributed by atoms with Crippen molar-refractivity contribution in [2.75, 3.05) is 35.2 Å². The van der Waals surface area contributed by atoms with Crippen LogP contribution >= 0.6 is 0 Å². The number of nitrogens with one attached hydrogen (secondary N) is 1. The molecule has 0 aliphatic carbocycles. The van der Waals surface area contributed by atoms with Crippen LogP contribution < -0.4 is 5.32 Å². The molecule has 5 nitrogen and oxygen atoms in total. The molecule has 5 heteroatoms. The predicted octanol–water partition coefficient (Wildman–Crippen LogP) is 1.22. The first kappa shape index (κ1) is 16.2. The summed E-state index contributed by atoms with van der Waals surface area (Å²) in [5.74, 6) is 0. The molecule has 0 heterocycles. The lowest BCUT2D eigenvalue weighted by Crippen LogP contribution is -2.59. The van der Waals surface area contributed by atoms with E-state index in [0.717, 1.165) is 12.8 Å². The van der Waals surface area contributed by atoms with E-state index in [0.29, 0.717) is 0 Å². The SMILES string of the molecule is CCC(N(C)C)N(C(=O)NC)C(CC)N(C)C. The highest BCUT2D eigenvalue weighted by molar-refractivity contribution is 5.74. The molecule has 0 aromatic carbocycles. The largest absolute Gasteiger partial charge is 0.341 e. The predicted molar refractivity (Wildman–Crippen MR) is 71.8 cm³/mol. The van der Waals surface area contributed by atoms with Crippen molar-refractivity contribution in [1.29, 1.82) is 0 Å². The van der Waals surface area contributed by atoms with Crippen LogP contribution in [0.4, 0.5) is 4.79 Å². The van der Waals surface area contributed by atoms with E-state index in [1.54, 1.807) is 7.05 Å². The van der Waals surface area contributed by atoms with Gasteiger partial charge in [-0.3, -0.25) is 14.7 Å². The highest BCUT2D eigenvalue weighted by Crippen LogP contribution is 2.15. The van der Waals surface area contributed by atoms with Gasteiger partial charge in [-0.1, -0.05) is 13.8 Å². The van der Waals surface area contributed by atoms with Crippen LogP contribution in [-0.2, 0) is 0 Å². The highest BCUT2D eigenvalue weighted by atomic mass is 16.2. The van der Waals surface area contributed by atoms with Crippen molar-refractivity contribution >= 4 is 6.03 Å². The summed E-state index contributed by atoms with van der Waals surface area (Å²) in [5, 5.41) is 2.74. The van der Waals surface area contributed by atoms with Crippen LogP contribution in [0.5, 0.6) is 0 Å². The molecule has 2 unspecified atom stereocenters. The molecule has 17 heavy (non-hydrogen) atoms. The second-order valence-electron chi connectivity index (χ2n) is 4.67. The molecule has 0 rings (SSSR count). The molecular formula is C12H28N4O. The van der Waals surface area contributed by atoms with E-state index in [-0.39, 0.29) is 18.4 Å². The molecule has 0 saturated heterocycles. The quantitative estimate of drug-likeness (QED) is 0.714. The maximum atomic E-state index is 12.1. The summed E-state index contributed by atoms with van der Waals surface area (Å²) < 4.78 is 0. The van der Waals surface area contributed by atoms with E-state index >= 15 is 0 Å². The Morgan fingerprint density at radius 2 is 1.35 bits per heavy atom. The second-order valence-corrected chi connectivity index (χ2v) is 4.67. The van der Waals surface area contributed by atoms with E-state index in [9.17, 15) is 4.79 Å². The number of hydrogen-bond donors (Lipinski definition) is 1. The molecule has 0 aliphatic rings. The molecule has 2 atom stereocenters. The van der Waals surface area contributed by atoms with Crippen LogP contribution in [-0.4, -0.2) is 68.3 Å². The van der Waals surface area contributed by atoms with Crippen molar-refractivity contribution in [2.24, 2.45) is 0 Å². The van der Waals surface area contributed by atoms with Crippen LogP contribution in [0.3, 0.4) is 0 Å². The lowest BCUT2D eigenvalue weighted by atomic mass is 10.2. The van der Waals surface area contributed by atoms with E-state index in [4.69, 9.17) is 0 Å². The van der Waals surface area contributed by atoms with Gasteiger partial charge in [0.2, 0.25) is 0 Å². The maximum absolute atomic E-state index is 12.1. The van der Waals surface area contributed by atoms with Crippen LogP contribution in [0, 0.1) is 0 Å². The number of amides is 2. The Morgan fingerprint density at radius 1 is 1.00 bits per heavy atom. The summed E-state index contributed by atoms with van der Waals surface area (Å²) in [6, 6.07) is -0.0221. The van der Waals surface area contributed by atoms with Crippen LogP contribution in [0.15, 0.2) is 0 Å². The van der Waals surface area contributed by atoms with Crippen molar-refractivity contribution in [1.82, 2.24) is 20.0 Å². The molecule has 0 radical (unpaired) electrons. The number of hydrogen-bond acceptors (Lipinski definition) is 3.